The van der Waals surface area contributed by atoms with Gasteiger partial charge in [-0.05, 0) is 0 Å². The van der Waals surface area contributed by atoms with Gasteiger partial charge in [0.1, 0.15) is 73.2 Å². The molecule has 3 aliphatic heterocycles. The molecule has 0 unspecified atom stereocenters. The van der Waals surface area contributed by atoms with E-state index >= 15 is 0 Å². The Morgan fingerprint density at radius 3 is 1.35 bits per heavy atom. The first kappa shape index (κ1) is 27.9. The Morgan fingerprint density at radius 1 is 0.441 bits per heavy atom. The fraction of sp³-hybridized carbons (Fsp3) is 1.00. The van der Waals surface area contributed by atoms with Gasteiger partial charge >= 0.3 is 0 Å². The Kier molecular flexibility index (Phi) is 9.54. The number of aliphatic hydroxyl groups excluding tert-OH is 11. The molecule has 0 spiro atoms. The minimum atomic E-state index is -1.91. The second-order valence-corrected chi connectivity index (χ2v) is 8.33. The van der Waals surface area contributed by atoms with Crippen molar-refractivity contribution >= 4 is 0 Å². The molecule has 16 heteroatoms. The standard InChI is InChI=1S/C18H32O16/c19-1-4-7(22)8(23)12(27)17(31-4)34-15-6(3-21)32-18(13(28)10(15)25)33-14-5(2-20)30-16(29)11(26)9(14)24/h4-29H,1-3H2/t4-,5-,6-,7-,8+,9-,10-,11+,12-,13+,14-,15-,16+,17+,18+/m1/s1. The summed E-state index contributed by atoms with van der Waals surface area (Å²) >= 11 is 0. The lowest BCUT2D eigenvalue weighted by Crippen LogP contribution is -2.66. The molecule has 3 saturated heterocycles. The lowest BCUT2D eigenvalue weighted by Gasteiger charge is -2.47. The van der Waals surface area contributed by atoms with Crippen LogP contribution in [0.2, 0.25) is 0 Å². The van der Waals surface area contributed by atoms with Crippen molar-refractivity contribution in [3.8, 4) is 0 Å². The largest absolute Gasteiger partial charge is 0.394 e. The van der Waals surface area contributed by atoms with Gasteiger partial charge in [0.15, 0.2) is 18.9 Å². The summed E-state index contributed by atoms with van der Waals surface area (Å²) in [6.45, 7) is -2.32. The zero-order valence-electron chi connectivity index (χ0n) is 17.7. The molecule has 3 rings (SSSR count). The van der Waals surface area contributed by atoms with Crippen molar-refractivity contribution in [3.05, 3.63) is 0 Å². The minimum Gasteiger partial charge on any atom is -0.394 e. The van der Waals surface area contributed by atoms with Gasteiger partial charge in [-0.3, -0.25) is 0 Å². The van der Waals surface area contributed by atoms with Gasteiger partial charge in [0, 0.05) is 0 Å². The van der Waals surface area contributed by atoms with Crippen molar-refractivity contribution in [2.75, 3.05) is 19.8 Å². The third-order valence-corrected chi connectivity index (χ3v) is 6.09. The highest BCUT2D eigenvalue weighted by molar-refractivity contribution is 4.96. The Morgan fingerprint density at radius 2 is 0.853 bits per heavy atom. The molecule has 11 N–H and O–H groups in total. The fourth-order valence-corrected chi connectivity index (χ4v) is 4.06. The maximum atomic E-state index is 10.6. The number of hydrogen-bond acceptors (Lipinski definition) is 16. The first-order chi connectivity index (χ1) is 16.0. The van der Waals surface area contributed by atoms with Crippen molar-refractivity contribution in [2.45, 2.75) is 92.1 Å². The Bertz CT molecular complexity index is 635. The quantitative estimate of drug-likeness (QED) is 0.154. The van der Waals surface area contributed by atoms with Gasteiger partial charge < -0.3 is 79.9 Å². The van der Waals surface area contributed by atoms with Crippen LogP contribution in [0.5, 0.6) is 0 Å². The molecule has 0 saturated carbocycles. The lowest BCUT2D eigenvalue weighted by molar-refractivity contribution is -0.377. The van der Waals surface area contributed by atoms with Gasteiger partial charge in [0.2, 0.25) is 0 Å². The molecular weight excluding hydrogens is 472 g/mol. The zero-order chi connectivity index (χ0) is 25.3. The number of hydrogen-bond donors (Lipinski definition) is 11. The van der Waals surface area contributed by atoms with E-state index in [0.717, 1.165) is 0 Å². The average molecular weight is 504 g/mol. The molecule has 3 fully saturated rings. The van der Waals surface area contributed by atoms with E-state index < -0.39 is 112 Å². The Balaban J connectivity index is 1.72. The molecule has 0 aromatic carbocycles. The molecule has 200 valence electrons. The highest BCUT2D eigenvalue weighted by atomic mass is 16.8. The Hall–Kier alpha value is -0.640. The van der Waals surface area contributed by atoms with Crippen LogP contribution in [0.4, 0.5) is 0 Å². The minimum absolute atomic E-state index is 0.741. The summed E-state index contributed by atoms with van der Waals surface area (Å²) in [5.74, 6) is 0. The van der Waals surface area contributed by atoms with Crippen LogP contribution < -0.4 is 0 Å². The summed E-state index contributed by atoms with van der Waals surface area (Å²) in [6, 6.07) is 0. The zero-order valence-corrected chi connectivity index (χ0v) is 17.7. The monoisotopic (exact) mass is 504 g/mol. The Labute approximate surface area is 192 Å². The topological polar surface area (TPSA) is 269 Å². The summed E-state index contributed by atoms with van der Waals surface area (Å²) in [6.07, 6.45) is -25.1. The summed E-state index contributed by atoms with van der Waals surface area (Å²) in [5.41, 5.74) is 0. The molecule has 3 aliphatic rings. The maximum absolute atomic E-state index is 10.6. The third-order valence-electron chi connectivity index (χ3n) is 6.09. The first-order valence-corrected chi connectivity index (χ1v) is 10.6. The van der Waals surface area contributed by atoms with Crippen LogP contribution in [0.1, 0.15) is 0 Å². The fourth-order valence-electron chi connectivity index (χ4n) is 4.06. The SMILES string of the molecule is OC[C@H]1O[C@@H](O[C@H]2[C@H](O)[C@H](O)[C@H](O[C@H]3[C@H](O)[C@H](O)[C@@H](O)O[C@@H]3CO)O[C@@H]2CO)[C@H](O)[C@@H](O)[C@@H]1O. The molecule has 15 atom stereocenters. The van der Waals surface area contributed by atoms with Crippen molar-refractivity contribution in [1.82, 2.24) is 0 Å². The molecule has 16 nitrogen and oxygen atoms in total. The molecule has 0 aliphatic carbocycles. The lowest BCUT2D eigenvalue weighted by atomic mass is 9.96. The van der Waals surface area contributed by atoms with Crippen LogP contribution in [-0.2, 0) is 23.7 Å². The van der Waals surface area contributed by atoms with Crippen LogP contribution in [-0.4, -0.2) is 168 Å². The van der Waals surface area contributed by atoms with E-state index in [0.29, 0.717) is 0 Å². The molecular formula is C18H32O16. The van der Waals surface area contributed by atoms with Gasteiger partial charge in [-0.2, -0.15) is 0 Å². The first-order valence-electron chi connectivity index (χ1n) is 10.6. The van der Waals surface area contributed by atoms with Gasteiger partial charge in [0.05, 0.1) is 19.8 Å². The second-order valence-electron chi connectivity index (χ2n) is 8.33. The molecule has 34 heavy (non-hydrogen) atoms. The molecule has 0 aromatic rings. The van der Waals surface area contributed by atoms with E-state index in [1.807, 2.05) is 0 Å². The van der Waals surface area contributed by atoms with E-state index in [-0.39, 0.29) is 0 Å². The van der Waals surface area contributed by atoms with Crippen molar-refractivity contribution in [1.29, 1.82) is 0 Å². The van der Waals surface area contributed by atoms with Crippen LogP contribution in [0, 0.1) is 0 Å². The third kappa shape index (κ3) is 5.37. The normalized spacial score (nSPS) is 52.5. The molecule has 0 aromatic heterocycles. The number of rotatable bonds is 7. The predicted octanol–water partition coefficient (Wildman–Crippen LogP) is -7.57. The van der Waals surface area contributed by atoms with Gasteiger partial charge in [0.25, 0.3) is 0 Å². The number of ether oxygens (including phenoxy) is 5. The van der Waals surface area contributed by atoms with E-state index in [1.54, 1.807) is 0 Å². The van der Waals surface area contributed by atoms with Crippen LogP contribution in [0.3, 0.4) is 0 Å². The van der Waals surface area contributed by atoms with E-state index in [9.17, 15) is 56.2 Å². The van der Waals surface area contributed by atoms with Crippen molar-refractivity contribution in [3.63, 3.8) is 0 Å². The summed E-state index contributed by atoms with van der Waals surface area (Å²) in [5, 5.41) is 109. The molecule has 3 heterocycles. The van der Waals surface area contributed by atoms with Crippen molar-refractivity contribution in [2.24, 2.45) is 0 Å². The smallest absolute Gasteiger partial charge is 0.187 e. The molecule has 0 radical (unpaired) electrons. The summed E-state index contributed by atoms with van der Waals surface area (Å²) < 4.78 is 26.4. The molecule has 0 bridgehead atoms. The van der Waals surface area contributed by atoms with Crippen LogP contribution in [0.15, 0.2) is 0 Å². The average Bonchev–Trinajstić information content (AvgIpc) is 2.83. The van der Waals surface area contributed by atoms with Gasteiger partial charge in [-0.1, -0.05) is 0 Å². The molecule has 0 amide bonds. The number of aliphatic hydroxyl groups is 11. The highest BCUT2D eigenvalue weighted by Crippen LogP contribution is 2.32. The second kappa shape index (κ2) is 11.6. The summed E-state index contributed by atoms with van der Waals surface area (Å²) in [7, 11) is 0. The highest BCUT2D eigenvalue weighted by Gasteiger charge is 2.53. The van der Waals surface area contributed by atoms with Crippen molar-refractivity contribution < 1.29 is 79.9 Å². The maximum Gasteiger partial charge on any atom is 0.187 e. The van der Waals surface area contributed by atoms with Gasteiger partial charge in [-0.15, -0.1) is 0 Å². The van der Waals surface area contributed by atoms with E-state index in [1.165, 1.54) is 0 Å². The van der Waals surface area contributed by atoms with Crippen LogP contribution in [0.25, 0.3) is 0 Å². The van der Waals surface area contributed by atoms with Crippen LogP contribution >= 0.6 is 0 Å². The van der Waals surface area contributed by atoms with E-state index in [2.05, 4.69) is 0 Å². The van der Waals surface area contributed by atoms with Gasteiger partial charge in [-0.25, -0.2) is 0 Å². The predicted molar refractivity (Wildman–Crippen MR) is 101 cm³/mol. The summed E-state index contributed by atoms with van der Waals surface area (Å²) in [4.78, 5) is 0. The van der Waals surface area contributed by atoms with E-state index in [4.69, 9.17) is 23.7 Å².